The van der Waals surface area contributed by atoms with Crippen LogP contribution in [0.5, 0.6) is 5.75 Å². The van der Waals surface area contributed by atoms with Crippen LogP contribution in [0, 0.1) is 5.92 Å². The topological polar surface area (TPSA) is 9.23 Å². The normalized spacial score (nSPS) is 10.5. The standard InChI is InChI=1S/C11H16OSe/c1-9(2)8-13-11-6-4-10(12-3)5-7-11/h4-7,9H,8H2,1-3H3. The van der Waals surface area contributed by atoms with Gasteiger partial charge in [0.05, 0.1) is 0 Å². The van der Waals surface area contributed by atoms with Crippen LogP contribution in [0.15, 0.2) is 24.3 Å². The molecule has 1 aromatic rings. The Hall–Kier alpha value is -0.461. The third-order valence-corrected chi connectivity index (χ3v) is 4.66. The number of hydrogen-bond acceptors (Lipinski definition) is 1. The van der Waals surface area contributed by atoms with Crippen LogP contribution < -0.4 is 9.20 Å². The van der Waals surface area contributed by atoms with Crippen molar-refractivity contribution < 1.29 is 4.74 Å². The SMILES string of the molecule is COc1ccc([Se]CC(C)C)cc1. The molecule has 72 valence electrons. The second kappa shape index (κ2) is 5.31. The van der Waals surface area contributed by atoms with E-state index in [-0.39, 0.29) is 0 Å². The van der Waals surface area contributed by atoms with Gasteiger partial charge in [-0.1, -0.05) is 0 Å². The molecule has 1 aromatic carbocycles. The third-order valence-electron chi connectivity index (χ3n) is 1.64. The molecule has 0 atom stereocenters. The first-order valence-corrected chi connectivity index (χ1v) is 6.56. The monoisotopic (exact) mass is 244 g/mol. The maximum absolute atomic E-state index is 5.10. The molecule has 0 unspecified atom stereocenters. The zero-order valence-corrected chi connectivity index (χ0v) is 10.1. The molecule has 0 bridgehead atoms. The third kappa shape index (κ3) is 3.84. The zero-order chi connectivity index (χ0) is 9.68. The van der Waals surface area contributed by atoms with E-state index in [1.165, 1.54) is 9.78 Å². The molecule has 0 N–H and O–H groups in total. The van der Waals surface area contributed by atoms with Crippen LogP contribution in [0.1, 0.15) is 13.8 Å². The summed E-state index contributed by atoms with van der Waals surface area (Å²) in [5.74, 6) is 1.76. The van der Waals surface area contributed by atoms with Crippen LogP contribution in [-0.2, 0) is 0 Å². The van der Waals surface area contributed by atoms with Gasteiger partial charge in [0, 0.05) is 0 Å². The molecule has 0 saturated heterocycles. The number of rotatable bonds is 4. The second-order valence-electron chi connectivity index (χ2n) is 3.38. The van der Waals surface area contributed by atoms with E-state index in [0.717, 1.165) is 11.7 Å². The van der Waals surface area contributed by atoms with E-state index in [0.29, 0.717) is 15.0 Å². The van der Waals surface area contributed by atoms with Crippen LogP contribution in [-0.4, -0.2) is 22.1 Å². The minimum absolute atomic E-state index is 0.625. The predicted octanol–water partition coefficient (Wildman–Crippen LogP) is 2.10. The van der Waals surface area contributed by atoms with Gasteiger partial charge in [0.25, 0.3) is 0 Å². The molecule has 13 heavy (non-hydrogen) atoms. The van der Waals surface area contributed by atoms with Crippen molar-refractivity contribution in [3.05, 3.63) is 24.3 Å². The number of benzene rings is 1. The Labute approximate surface area is 86.7 Å². The van der Waals surface area contributed by atoms with Crippen molar-refractivity contribution in [2.75, 3.05) is 7.11 Å². The van der Waals surface area contributed by atoms with Crippen molar-refractivity contribution in [1.29, 1.82) is 0 Å². The summed E-state index contributed by atoms with van der Waals surface area (Å²) >= 11 is 0.625. The van der Waals surface area contributed by atoms with Crippen LogP contribution in [0.2, 0.25) is 5.32 Å². The van der Waals surface area contributed by atoms with Crippen molar-refractivity contribution in [2.45, 2.75) is 19.2 Å². The average Bonchev–Trinajstić information content (AvgIpc) is 2.15. The first-order chi connectivity index (χ1) is 6.22. The fraction of sp³-hybridized carbons (Fsp3) is 0.455. The van der Waals surface area contributed by atoms with E-state index >= 15 is 0 Å². The molecular formula is C11H16OSe. The van der Waals surface area contributed by atoms with Gasteiger partial charge < -0.3 is 0 Å². The van der Waals surface area contributed by atoms with Crippen LogP contribution in [0.4, 0.5) is 0 Å². The molecular weight excluding hydrogens is 227 g/mol. The summed E-state index contributed by atoms with van der Waals surface area (Å²) in [7, 11) is 1.70. The molecule has 0 aliphatic heterocycles. The van der Waals surface area contributed by atoms with Crippen LogP contribution in [0.3, 0.4) is 0 Å². The fourth-order valence-electron chi connectivity index (χ4n) is 0.935. The van der Waals surface area contributed by atoms with E-state index in [9.17, 15) is 0 Å². The molecule has 0 amide bonds. The van der Waals surface area contributed by atoms with Gasteiger partial charge >= 0.3 is 86.4 Å². The molecule has 0 aliphatic carbocycles. The Bertz CT molecular complexity index is 241. The molecule has 0 spiro atoms. The zero-order valence-electron chi connectivity index (χ0n) is 8.41. The van der Waals surface area contributed by atoms with Gasteiger partial charge in [-0.3, -0.25) is 0 Å². The quantitative estimate of drug-likeness (QED) is 0.736. The van der Waals surface area contributed by atoms with E-state index in [2.05, 4.69) is 26.0 Å². The molecule has 1 nitrogen and oxygen atoms in total. The van der Waals surface area contributed by atoms with Gasteiger partial charge in [-0.25, -0.2) is 0 Å². The first-order valence-electron chi connectivity index (χ1n) is 4.49. The summed E-state index contributed by atoms with van der Waals surface area (Å²) in [4.78, 5) is 0. The molecule has 0 saturated carbocycles. The predicted molar refractivity (Wildman–Crippen MR) is 58.0 cm³/mol. The minimum atomic E-state index is 0.625. The fourth-order valence-corrected chi connectivity index (χ4v) is 2.73. The Balaban J connectivity index is 2.49. The van der Waals surface area contributed by atoms with Gasteiger partial charge in [-0.15, -0.1) is 0 Å². The van der Waals surface area contributed by atoms with E-state index < -0.39 is 0 Å². The summed E-state index contributed by atoms with van der Waals surface area (Å²) in [5.41, 5.74) is 0. The Kier molecular flexibility index (Phi) is 4.34. The molecule has 1 rings (SSSR count). The second-order valence-corrected chi connectivity index (χ2v) is 5.67. The Morgan fingerprint density at radius 1 is 1.23 bits per heavy atom. The molecule has 2 heteroatoms. The first kappa shape index (κ1) is 10.6. The Morgan fingerprint density at radius 3 is 2.31 bits per heavy atom. The number of hydrogen-bond donors (Lipinski definition) is 0. The van der Waals surface area contributed by atoms with Crippen molar-refractivity contribution in [2.24, 2.45) is 5.92 Å². The van der Waals surface area contributed by atoms with Crippen molar-refractivity contribution in [3.8, 4) is 5.75 Å². The van der Waals surface area contributed by atoms with Gasteiger partial charge in [0.1, 0.15) is 0 Å². The summed E-state index contributed by atoms with van der Waals surface area (Å²) in [6.07, 6.45) is 0. The van der Waals surface area contributed by atoms with E-state index in [1.807, 2.05) is 12.1 Å². The van der Waals surface area contributed by atoms with Gasteiger partial charge in [-0.05, 0) is 0 Å². The summed E-state index contributed by atoms with van der Waals surface area (Å²) < 4.78 is 6.56. The average molecular weight is 243 g/mol. The van der Waals surface area contributed by atoms with Gasteiger partial charge in [-0.2, -0.15) is 0 Å². The van der Waals surface area contributed by atoms with Crippen molar-refractivity contribution in [1.82, 2.24) is 0 Å². The van der Waals surface area contributed by atoms with Crippen molar-refractivity contribution >= 4 is 19.4 Å². The van der Waals surface area contributed by atoms with Crippen LogP contribution in [0.25, 0.3) is 0 Å². The summed E-state index contributed by atoms with van der Waals surface area (Å²) in [6.45, 7) is 4.54. The molecule has 0 radical (unpaired) electrons. The van der Waals surface area contributed by atoms with E-state index in [4.69, 9.17) is 4.74 Å². The summed E-state index contributed by atoms with van der Waals surface area (Å²) in [6, 6.07) is 8.41. The molecule has 0 aromatic heterocycles. The Morgan fingerprint density at radius 2 is 1.85 bits per heavy atom. The van der Waals surface area contributed by atoms with E-state index in [1.54, 1.807) is 7.11 Å². The van der Waals surface area contributed by atoms with Crippen LogP contribution >= 0.6 is 0 Å². The number of ether oxygens (including phenoxy) is 1. The molecule has 0 heterocycles. The van der Waals surface area contributed by atoms with Gasteiger partial charge in [0.15, 0.2) is 0 Å². The molecule has 0 aliphatic rings. The van der Waals surface area contributed by atoms with Gasteiger partial charge in [0.2, 0.25) is 0 Å². The number of methoxy groups -OCH3 is 1. The maximum atomic E-state index is 5.10. The summed E-state index contributed by atoms with van der Waals surface area (Å²) in [5, 5.41) is 1.32. The molecule has 0 fully saturated rings. The van der Waals surface area contributed by atoms with Crippen molar-refractivity contribution in [3.63, 3.8) is 0 Å².